The zero-order valence-electron chi connectivity index (χ0n) is 16.6. The van der Waals surface area contributed by atoms with Gasteiger partial charge in [-0.15, -0.1) is 0 Å². The summed E-state index contributed by atoms with van der Waals surface area (Å²) in [6, 6.07) is 5.98. The van der Waals surface area contributed by atoms with E-state index in [1.54, 1.807) is 12.1 Å². The molecule has 1 fully saturated rings. The summed E-state index contributed by atoms with van der Waals surface area (Å²) < 4.78 is 26.6. The number of carbonyl (C=O) groups is 2. The molecule has 0 unspecified atom stereocenters. The summed E-state index contributed by atoms with van der Waals surface area (Å²) in [6.45, 7) is 3.09. The number of carbonyl (C=O) groups excluding carboxylic acids is 2. The van der Waals surface area contributed by atoms with Gasteiger partial charge in [-0.1, -0.05) is 51.5 Å². The number of nitrogens with one attached hydrogen (secondary N) is 2. The summed E-state index contributed by atoms with van der Waals surface area (Å²) in [5, 5.41) is 5.46. The van der Waals surface area contributed by atoms with Crippen LogP contribution in [0.5, 0.6) is 0 Å². The van der Waals surface area contributed by atoms with Crippen LogP contribution in [0.25, 0.3) is 0 Å². The summed E-state index contributed by atoms with van der Waals surface area (Å²) in [5.41, 5.74) is 0.311. The number of hydrogen-bond donors (Lipinski definition) is 2. The van der Waals surface area contributed by atoms with Crippen molar-refractivity contribution in [2.45, 2.75) is 56.8 Å². The van der Waals surface area contributed by atoms with Gasteiger partial charge in [0.05, 0.1) is 11.4 Å². The van der Waals surface area contributed by atoms with Crippen molar-refractivity contribution in [2.75, 3.05) is 26.2 Å². The Hall–Kier alpha value is -1.93. The SMILES string of the molecule is CCCCCCCCCNC(=O)c1cccc(S(=O)(=O)N2CCNC(=O)C2)c1. The van der Waals surface area contributed by atoms with Crippen LogP contribution in [0.3, 0.4) is 0 Å². The summed E-state index contributed by atoms with van der Waals surface area (Å²) in [4.78, 5) is 23.9. The van der Waals surface area contributed by atoms with E-state index in [1.165, 1.54) is 44.2 Å². The third-order valence-corrected chi connectivity index (χ3v) is 6.64. The molecule has 0 atom stereocenters. The Balaban J connectivity index is 1.86. The lowest BCUT2D eigenvalue weighted by atomic mass is 10.1. The zero-order chi connectivity index (χ0) is 20.4. The molecule has 1 saturated heterocycles. The molecule has 1 aliphatic rings. The fourth-order valence-corrected chi connectivity index (χ4v) is 4.60. The maximum Gasteiger partial charge on any atom is 0.251 e. The molecular formula is C20H31N3O4S. The second-order valence-corrected chi connectivity index (χ2v) is 9.03. The Bertz CT molecular complexity index is 764. The van der Waals surface area contributed by atoms with Crippen LogP contribution in [0, 0.1) is 0 Å². The van der Waals surface area contributed by atoms with E-state index in [4.69, 9.17) is 0 Å². The van der Waals surface area contributed by atoms with E-state index >= 15 is 0 Å². The van der Waals surface area contributed by atoms with Gasteiger partial charge in [0.25, 0.3) is 5.91 Å². The van der Waals surface area contributed by atoms with E-state index in [0.29, 0.717) is 12.1 Å². The van der Waals surface area contributed by atoms with Crippen LogP contribution in [-0.2, 0) is 14.8 Å². The van der Waals surface area contributed by atoms with E-state index in [-0.39, 0.29) is 36.3 Å². The molecule has 7 nitrogen and oxygen atoms in total. The van der Waals surface area contributed by atoms with Gasteiger partial charge in [-0.25, -0.2) is 8.42 Å². The van der Waals surface area contributed by atoms with Gasteiger partial charge < -0.3 is 10.6 Å². The van der Waals surface area contributed by atoms with Crippen LogP contribution >= 0.6 is 0 Å². The zero-order valence-corrected chi connectivity index (χ0v) is 17.4. The number of benzene rings is 1. The Kier molecular flexibility index (Phi) is 8.92. The molecule has 156 valence electrons. The third-order valence-electron chi connectivity index (χ3n) is 4.80. The Labute approximate surface area is 167 Å². The predicted molar refractivity (Wildman–Crippen MR) is 109 cm³/mol. The fourth-order valence-electron chi connectivity index (χ4n) is 3.15. The molecule has 2 amide bonds. The molecule has 0 saturated carbocycles. The van der Waals surface area contributed by atoms with Crippen LogP contribution in [0.1, 0.15) is 62.2 Å². The van der Waals surface area contributed by atoms with Gasteiger partial charge in [-0.3, -0.25) is 9.59 Å². The van der Waals surface area contributed by atoms with E-state index in [1.807, 2.05) is 0 Å². The molecule has 0 aliphatic carbocycles. The Morgan fingerprint density at radius 1 is 1.14 bits per heavy atom. The quantitative estimate of drug-likeness (QED) is 0.548. The van der Waals surface area contributed by atoms with Crippen molar-refractivity contribution in [1.29, 1.82) is 0 Å². The van der Waals surface area contributed by atoms with Crippen molar-refractivity contribution in [1.82, 2.24) is 14.9 Å². The van der Waals surface area contributed by atoms with Crippen molar-refractivity contribution in [3.8, 4) is 0 Å². The lowest BCUT2D eigenvalue weighted by molar-refractivity contribution is -0.122. The van der Waals surface area contributed by atoms with Crippen molar-refractivity contribution < 1.29 is 18.0 Å². The topological polar surface area (TPSA) is 95.6 Å². The fraction of sp³-hybridized carbons (Fsp3) is 0.600. The Morgan fingerprint density at radius 3 is 2.57 bits per heavy atom. The lowest BCUT2D eigenvalue weighted by Gasteiger charge is -2.26. The first-order valence-corrected chi connectivity index (χ1v) is 11.5. The normalized spacial score (nSPS) is 15.2. The minimum atomic E-state index is -3.80. The minimum absolute atomic E-state index is 0.0331. The smallest absolute Gasteiger partial charge is 0.251 e. The van der Waals surface area contributed by atoms with Crippen LogP contribution in [0.4, 0.5) is 0 Å². The minimum Gasteiger partial charge on any atom is -0.354 e. The molecule has 0 spiro atoms. The number of sulfonamides is 1. The highest BCUT2D eigenvalue weighted by molar-refractivity contribution is 7.89. The second-order valence-electron chi connectivity index (χ2n) is 7.09. The van der Waals surface area contributed by atoms with Gasteiger partial charge in [-0.2, -0.15) is 4.31 Å². The molecule has 0 aromatic heterocycles. The molecule has 0 bridgehead atoms. The summed E-state index contributed by atoms with van der Waals surface area (Å²) >= 11 is 0. The summed E-state index contributed by atoms with van der Waals surface area (Å²) in [6.07, 6.45) is 8.17. The van der Waals surface area contributed by atoms with Crippen LogP contribution in [0.15, 0.2) is 29.2 Å². The van der Waals surface area contributed by atoms with E-state index < -0.39 is 10.0 Å². The largest absolute Gasteiger partial charge is 0.354 e. The molecule has 0 radical (unpaired) electrons. The highest BCUT2D eigenvalue weighted by Crippen LogP contribution is 2.18. The molecule has 8 heteroatoms. The van der Waals surface area contributed by atoms with E-state index in [2.05, 4.69) is 17.6 Å². The monoisotopic (exact) mass is 409 g/mol. The summed E-state index contributed by atoms with van der Waals surface area (Å²) in [7, 11) is -3.80. The number of rotatable bonds is 11. The van der Waals surface area contributed by atoms with Crippen LogP contribution in [-0.4, -0.2) is 50.7 Å². The maximum atomic E-state index is 12.7. The molecule has 1 aliphatic heterocycles. The lowest BCUT2D eigenvalue weighted by Crippen LogP contribution is -2.49. The molecule has 2 rings (SSSR count). The molecule has 2 N–H and O–H groups in total. The number of unbranched alkanes of at least 4 members (excludes halogenated alkanes) is 6. The van der Waals surface area contributed by atoms with Crippen LogP contribution in [0.2, 0.25) is 0 Å². The van der Waals surface area contributed by atoms with Gasteiger partial charge in [0.1, 0.15) is 0 Å². The first kappa shape index (κ1) is 22.4. The molecule has 1 aromatic carbocycles. The van der Waals surface area contributed by atoms with Crippen molar-refractivity contribution in [3.05, 3.63) is 29.8 Å². The summed E-state index contributed by atoms with van der Waals surface area (Å²) in [5.74, 6) is -0.599. The number of piperazine rings is 1. The first-order valence-electron chi connectivity index (χ1n) is 10.1. The Morgan fingerprint density at radius 2 is 1.86 bits per heavy atom. The highest BCUT2D eigenvalue weighted by Gasteiger charge is 2.29. The van der Waals surface area contributed by atoms with Gasteiger partial charge in [-0.05, 0) is 24.6 Å². The van der Waals surface area contributed by atoms with Crippen molar-refractivity contribution in [3.63, 3.8) is 0 Å². The second kappa shape index (κ2) is 11.2. The highest BCUT2D eigenvalue weighted by atomic mass is 32.2. The van der Waals surface area contributed by atoms with Crippen molar-refractivity contribution >= 4 is 21.8 Å². The molecule has 1 heterocycles. The number of amides is 2. The van der Waals surface area contributed by atoms with Gasteiger partial charge in [0.15, 0.2) is 0 Å². The number of nitrogens with zero attached hydrogens (tertiary/aromatic N) is 1. The third kappa shape index (κ3) is 6.60. The molecular weight excluding hydrogens is 378 g/mol. The number of hydrogen-bond acceptors (Lipinski definition) is 4. The van der Waals surface area contributed by atoms with Crippen molar-refractivity contribution in [2.24, 2.45) is 0 Å². The van der Waals surface area contributed by atoms with Gasteiger partial charge in [0.2, 0.25) is 15.9 Å². The van der Waals surface area contributed by atoms with Gasteiger partial charge in [0, 0.05) is 25.2 Å². The molecule has 28 heavy (non-hydrogen) atoms. The first-order chi connectivity index (χ1) is 13.4. The maximum absolute atomic E-state index is 12.7. The standard InChI is InChI=1S/C20H31N3O4S/c1-2-3-4-5-6-7-8-12-22-20(25)17-10-9-11-18(15-17)28(26,27)23-14-13-21-19(24)16-23/h9-11,15H,2-8,12-14,16H2,1H3,(H,21,24)(H,22,25). The molecule has 1 aromatic rings. The van der Waals surface area contributed by atoms with Crippen LogP contribution < -0.4 is 10.6 Å². The van der Waals surface area contributed by atoms with E-state index in [9.17, 15) is 18.0 Å². The van der Waals surface area contributed by atoms with E-state index in [0.717, 1.165) is 17.1 Å². The average molecular weight is 410 g/mol. The van der Waals surface area contributed by atoms with Gasteiger partial charge >= 0.3 is 0 Å². The predicted octanol–water partition coefficient (Wildman–Crippen LogP) is 2.29. The average Bonchev–Trinajstić information content (AvgIpc) is 2.70.